The second-order valence-corrected chi connectivity index (χ2v) is 5.72. The van der Waals surface area contributed by atoms with Crippen molar-refractivity contribution in [3.05, 3.63) is 59.7 Å². The second-order valence-electron chi connectivity index (χ2n) is 5.72. The lowest BCUT2D eigenvalue weighted by atomic mass is 10.1. The molecular weight excluding hydrogens is 368 g/mol. The molecule has 1 atom stereocenters. The lowest BCUT2D eigenvalue weighted by molar-refractivity contribution is -0.135. The topological polar surface area (TPSA) is 120 Å². The molecule has 144 valence electrons. The molecule has 2 aromatic carbocycles. The molecular formula is C19H16N2O7. The van der Waals surface area contributed by atoms with Gasteiger partial charge >= 0.3 is 5.97 Å². The lowest BCUT2D eigenvalue weighted by Crippen LogP contribution is -2.51. The fourth-order valence-electron chi connectivity index (χ4n) is 2.31. The molecule has 0 saturated heterocycles. The molecule has 0 saturated carbocycles. The molecule has 2 amide bonds. The Morgan fingerprint density at radius 1 is 1.04 bits per heavy atom. The molecule has 0 spiro atoms. The number of carbonyl (C=O) groups excluding carboxylic acids is 4. The SMILES string of the molecule is O=Cc1ccc(C(=O)OCC(=O)NNC(=O)[C@@H]2COc3ccccc3O2)cc1. The summed E-state index contributed by atoms with van der Waals surface area (Å²) < 4.78 is 15.8. The number of hydrogen-bond acceptors (Lipinski definition) is 7. The van der Waals surface area contributed by atoms with Gasteiger partial charge in [0, 0.05) is 5.56 Å². The van der Waals surface area contributed by atoms with Crippen LogP contribution in [-0.4, -0.2) is 43.4 Å². The number of amides is 2. The average Bonchev–Trinajstić information content (AvgIpc) is 2.75. The molecule has 2 aromatic rings. The van der Waals surface area contributed by atoms with Gasteiger partial charge in [-0.3, -0.25) is 25.2 Å². The van der Waals surface area contributed by atoms with Crippen LogP contribution in [0.15, 0.2) is 48.5 Å². The van der Waals surface area contributed by atoms with Gasteiger partial charge in [-0.25, -0.2) is 4.79 Å². The van der Waals surface area contributed by atoms with E-state index in [2.05, 4.69) is 10.9 Å². The van der Waals surface area contributed by atoms with Crippen molar-refractivity contribution < 1.29 is 33.4 Å². The Morgan fingerprint density at radius 3 is 2.46 bits per heavy atom. The van der Waals surface area contributed by atoms with Crippen molar-refractivity contribution in [3.8, 4) is 11.5 Å². The van der Waals surface area contributed by atoms with Gasteiger partial charge in [-0.15, -0.1) is 0 Å². The molecule has 28 heavy (non-hydrogen) atoms. The van der Waals surface area contributed by atoms with Gasteiger partial charge in [0.05, 0.1) is 5.56 Å². The summed E-state index contributed by atoms with van der Waals surface area (Å²) in [7, 11) is 0. The normalized spacial score (nSPS) is 14.5. The van der Waals surface area contributed by atoms with Crippen LogP contribution < -0.4 is 20.3 Å². The fraction of sp³-hybridized carbons (Fsp3) is 0.158. The molecule has 0 unspecified atom stereocenters. The van der Waals surface area contributed by atoms with E-state index in [9.17, 15) is 19.2 Å². The van der Waals surface area contributed by atoms with Crippen LogP contribution in [0.5, 0.6) is 11.5 Å². The molecule has 0 bridgehead atoms. The third-order valence-electron chi connectivity index (χ3n) is 3.74. The van der Waals surface area contributed by atoms with E-state index >= 15 is 0 Å². The molecule has 9 heteroatoms. The summed E-state index contributed by atoms with van der Waals surface area (Å²) in [6, 6.07) is 12.6. The minimum Gasteiger partial charge on any atom is -0.485 e. The van der Waals surface area contributed by atoms with Gasteiger partial charge in [-0.1, -0.05) is 24.3 Å². The van der Waals surface area contributed by atoms with Crippen LogP contribution in [0.25, 0.3) is 0 Å². The smallest absolute Gasteiger partial charge is 0.338 e. The summed E-state index contributed by atoms with van der Waals surface area (Å²) >= 11 is 0. The number of hydrogen-bond donors (Lipinski definition) is 2. The summed E-state index contributed by atoms with van der Waals surface area (Å²) in [6.07, 6.45) is -0.292. The third-order valence-corrected chi connectivity index (χ3v) is 3.74. The maximum absolute atomic E-state index is 12.1. The van der Waals surface area contributed by atoms with E-state index in [1.807, 2.05) is 0 Å². The van der Waals surface area contributed by atoms with Crippen molar-refractivity contribution in [2.45, 2.75) is 6.10 Å². The van der Waals surface area contributed by atoms with Crippen molar-refractivity contribution in [1.82, 2.24) is 10.9 Å². The minimum absolute atomic E-state index is 0.00944. The van der Waals surface area contributed by atoms with Crippen molar-refractivity contribution in [2.75, 3.05) is 13.2 Å². The first kappa shape index (κ1) is 18.9. The van der Waals surface area contributed by atoms with Gasteiger partial charge in [0.2, 0.25) is 6.10 Å². The van der Waals surface area contributed by atoms with Gasteiger partial charge in [0.25, 0.3) is 11.8 Å². The molecule has 1 aliphatic heterocycles. The first-order valence-corrected chi connectivity index (χ1v) is 8.26. The Morgan fingerprint density at radius 2 is 1.75 bits per heavy atom. The number of aldehydes is 1. The van der Waals surface area contributed by atoms with E-state index in [1.165, 1.54) is 24.3 Å². The Kier molecular flexibility index (Phi) is 5.85. The number of nitrogens with one attached hydrogen (secondary N) is 2. The zero-order valence-corrected chi connectivity index (χ0v) is 14.5. The predicted molar refractivity (Wildman–Crippen MR) is 94.8 cm³/mol. The first-order valence-electron chi connectivity index (χ1n) is 8.26. The van der Waals surface area contributed by atoms with E-state index < -0.39 is 30.5 Å². The molecule has 2 N–H and O–H groups in total. The summed E-state index contributed by atoms with van der Waals surface area (Å²) in [5.41, 5.74) is 4.92. The summed E-state index contributed by atoms with van der Waals surface area (Å²) in [5.74, 6) is -1.13. The highest BCUT2D eigenvalue weighted by molar-refractivity contribution is 5.92. The zero-order valence-electron chi connectivity index (χ0n) is 14.5. The Hall–Kier alpha value is -3.88. The van der Waals surface area contributed by atoms with E-state index in [0.29, 0.717) is 23.3 Å². The quantitative estimate of drug-likeness (QED) is 0.441. The second kappa shape index (κ2) is 8.67. The number of para-hydroxylation sites is 2. The van der Waals surface area contributed by atoms with Gasteiger partial charge in [0.15, 0.2) is 18.1 Å². The standard InChI is InChI=1S/C19H16N2O7/c22-9-12-5-7-13(8-6-12)19(25)27-11-17(23)20-21-18(24)16-10-26-14-3-1-2-4-15(14)28-16/h1-9,16H,10-11H2,(H,20,23)(H,21,24)/t16-/m0/s1. The maximum atomic E-state index is 12.1. The average molecular weight is 384 g/mol. The highest BCUT2D eigenvalue weighted by Crippen LogP contribution is 2.30. The largest absolute Gasteiger partial charge is 0.485 e. The highest BCUT2D eigenvalue weighted by Gasteiger charge is 2.27. The fourth-order valence-corrected chi connectivity index (χ4v) is 2.31. The molecule has 0 fully saturated rings. The van der Waals surface area contributed by atoms with Crippen LogP contribution in [-0.2, 0) is 14.3 Å². The minimum atomic E-state index is -0.936. The van der Waals surface area contributed by atoms with E-state index in [0.717, 1.165) is 0 Å². The first-order chi connectivity index (χ1) is 13.6. The Balaban J connectivity index is 1.42. The number of esters is 1. The number of rotatable bonds is 5. The van der Waals surface area contributed by atoms with Crippen LogP contribution in [0, 0.1) is 0 Å². The van der Waals surface area contributed by atoms with Crippen LogP contribution in [0.2, 0.25) is 0 Å². The van der Waals surface area contributed by atoms with Gasteiger partial charge in [-0.05, 0) is 24.3 Å². The van der Waals surface area contributed by atoms with Gasteiger partial charge in [0.1, 0.15) is 12.9 Å². The molecule has 9 nitrogen and oxygen atoms in total. The molecule has 3 rings (SSSR count). The monoisotopic (exact) mass is 384 g/mol. The van der Waals surface area contributed by atoms with Gasteiger partial charge in [-0.2, -0.15) is 0 Å². The predicted octanol–water partition coefficient (Wildman–Crippen LogP) is 0.643. The van der Waals surface area contributed by atoms with Crippen LogP contribution in [0.1, 0.15) is 20.7 Å². The summed E-state index contributed by atoms with van der Waals surface area (Å²) in [5, 5.41) is 0. The number of hydrazine groups is 1. The van der Waals surface area contributed by atoms with E-state index in [4.69, 9.17) is 14.2 Å². The summed E-state index contributed by atoms with van der Waals surface area (Å²) in [6.45, 7) is -0.607. The number of benzene rings is 2. The van der Waals surface area contributed by atoms with E-state index in [-0.39, 0.29) is 12.2 Å². The maximum Gasteiger partial charge on any atom is 0.338 e. The van der Waals surface area contributed by atoms with Crippen LogP contribution >= 0.6 is 0 Å². The molecule has 1 heterocycles. The Bertz CT molecular complexity index is 895. The number of ether oxygens (including phenoxy) is 3. The third kappa shape index (κ3) is 4.64. The zero-order chi connectivity index (χ0) is 19.9. The molecule has 0 aliphatic carbocycles. The van der Waals surface area contributed by atoms with Gasteiger partial charge < -0.3 is 14.2 Å². The number of carbonyl (C=O) groups is 4. The van der Waals surface area contributed by atoms with Crippen molar-refractivity contribution in [1.29, 1.82) is 0 Å². The number of fused-ring (bicyclic) bond motifs is 1. The van der Waals surface area contributed by atoms with E-state index in [1.54, 1.807) is 24.3 Å². The van der Waals surface area contributed by atoms with Crippen LogP contribution in [0.4, 0.5) is 0 Å². The lowest BCUT2D eigenvalue weighted by Gasteiger charge is -2.25. The Labute approximate surface area is 159 Å². The van der Waals surface area contributed by atoms with Crippen molar-refractivity contribution in [2.24, 2.45) is 0 Å². The molecule has 0 radical (unpaired) electrons. The van der Waals surface area contributed by atoms with Crippen molar-refractivity contribution in [3.63, 3.8) is 0 Å². The van der Waals surface area contributed by atoms with Crippen LogP contribution in [0.3, 0.4) is 0 Å². The molecule has 0 aromatic heterocycles. The summed E-state index contributed by atoms with van der Waals surface area (Å²) in [4.78, 5) is 46.2. The van der Waals surface area contributed by atoms with Crippen molar-refractivity contribution >= 4 is 24.1 Å². The molecule has 1 aliphatic rings. The highest BCUT2D eigenvalue weighted by atomic mass is 16.6.